The van der Waals surface area contributed by atoms with E-state index in [9.17, 15) is 4.79 Å². The smallest absolute Gasteiger partial charge is 0.348 e. The number of rotatable bonds is 5. The number of aromatic nitrogens is 2. The van der Waals surface area contributed by atoms with Gasteiger partial charge in [0.15, 0.2) is 0 Å². The molecule has 0 atom stereocenters. The summed E-state index contributed by atoms with van der Waals surface area (Å²) in [7, 11) is 0. The number of benzene rings is 2. The van der Waals surface area contributed by atoms with Gasteiger partial charge < -0.3 is 13.9 Å². The van der Waals surface area contributed by atoms with E-state index in [1.807, 2.05) is 59.1 Å². The van der Waals surface area contributed by atoms with Gasteiger partial charge >= 0.3 is 5.97 Å². The Bertz CT molecular complexity index is 1160. The summed E-state index contributed by atoms with van der Waals surface area (Å²) in [5, 5.41) is 0. The molecule has 2 aromatic heterocycles. The van der Waals surface area contributed by atoms with E-state index in [1.54, 1.807) is 24.4 Å². The number of esters is 1. The van der Waals surface area contributed by atoms with Crippen LogP contribution in [-0.2, 0) is 12.0 Å². The van der Waals surface area contributed by atoms with E-state index >= 15 is 0 Å². The van der Waals surface area contributed by atoms with Crippen molar-refractivity contribution in [1.82, 2.24) is 9.38 Å². The van der Waals surface area contributed by atoms with Gasteiger partial charge in [0.2, 0.25) is 0 Å². The van der Waals surface area contributed by atoms with Gasteiger partial charge in [-0.25, -0.2) is 9.78 Å². The molecule has 0 aliphatic carbocycles. The van der Waals surface area contributed by atoms with Crippen LogP contribution in [0.1, 0.15) is 42.4 Å². The summed E-state index contributed by atoms with van der Waals surface area (Å²) >= 11 is 0. The van der Waals surface area contributed by atoms with Gasteiger partial charge in [-0.2, -0.15) is 0 Å². The second-order valence-corrected chi connectivity index (χ2v) is 8.17. The van der Waals surface area contributed by atoms with E-state index in [0.717, 1.165) is 16.9 Å². The monoisotopic (exact) mass is 400 g/mol. The van der Waals surface area contributed by atoms with E-state index in [1.165, 1.54) is 0 Å². The van der Waals surface area contributed by atoms with Crippen molar-refractivity contribution in [2.45, 2.75) is 32.8 Å². The van der Waals surface area contributed by atoms with Crippen LogP contribution in [0.2, 0.25) is 0 Å². The van der Waals surface area contributed by atoms with Crippen LogP contribution in [-0.4, -0.2) is 15.4 Å². The average molecular weight is 400 g/mol. The van der Waals surface area contributed by atoms with Crippen LogP contribution in [0.5, 0.6) is 11.5 Å². The molecule has 4 aromatic rings. The SMILES string of the molecule is CC(C)(C)c1cn2cc(C(=O)Oc3ccccc3)c(OCc3ccccc3)cc2n1. The van der Waals surface area contributed by atoms with Gasteiger partial charge in [0.1, 0.15) is 29.3 Å². The fraction of sp³-hybridized carbons (Fsp3) is 0.200. The average Bonchev–Trinajstić information content (AvgIpc) is 3.17. The molecule has 0 aliphatic rings. The minimum absolute atomic E-state index is 0.109. The highest BCUT2D eigenvalue weighted by molar-refractivity contribution is 5.94. The van der Waals surface area contributed by atoms with Crippen LogP contribution in [0.4, 0.5) is 0 Å². The molecular weight excluding hydrogens is 376 g/mol. The van der Waals surface area contributed by atoms with Crippen LogP contribution >= 0.6 is 0 Å². The lowest BCUT2D eigenvalue weighted by molar-refractivity contribution is 0.0729. The molecule has 5 heteroatoms. The van der Waals surface area contributed by atoms with E-state index in [2.05, 4.69) is 20.8 Å². The van der Waals surface area contributed by atoms with Crippen molar-refractivity contribution in [3.63, 3.8) is 0 Å². The number of carbonyl (C=O) groups excluding carboxylic acids is 1. The Labute approximate surface area is 175 Å². The number of ether oxygens (including phenoxy) is 2. The molecule has 0 unspecified atom stereocenters. The summed E-state index contributed by atoms with van der Waals surface area (Å²) < 4.78 is 13.4. The van der Waals surface area contributed by atoms with Gasteiger partial charge in [-0.3, -0.25) is 0 Å². The maximum atomic E-state index is 13.0. The molecule has 0 bridgehead atoms. The lowest BCUT2D eigenvalue weighted by Crippen LogP contribution is -2.12. The van der Waals surface area contributed by atoms with Crippen molar-refractivity contribution >= 4 is 11.6 Å². The number of nitrogens with zero attached hydrogens (tertiary/aromatic N) is 2. The standard InChI is InChI=1S/C25H24N2O3/c1-25(2,3)22-16-27-15-20(24(28)30-19-12-8-5-9-13-19)21(14-23(27)26-22)29-17-18-10-6-4-7-11-18/h4-16H,17H2,1-3H3. The maximum absolute atomic E-state index is 13.0. The zero-order valence-corrected chi connectivity index (χ0v) is 17.3. The molecular formula is C25H24N2O3. The Balaban J connectivity index is 1.71. The number of fused-ring (bicyclic) bond motifs is 1. The molecule has 0 fully saturated rings. The van der Waals surface area contributed by atoms with Crippen molar-refractivity contribution in [1.29, 1.82) is 0 Å². The number of carbonyl (C=O) groups is 1. The summed E-state index contributed by atoms with van der Waals surface area (Å²) in [5.41, 5.74) is 2.91. The lowest BCUT2D eigenvalue weighted by atomic mass is 9.93. The van der Waals surface area contributed by atoms with Gasteiger partial charge in [-0.1, -0.05) is 69.3 Å². The first-order chi connectivity index (χ1) is 14.4. The topological polar surface area (TPSA) is 52.8 Å². The molecule has 2 aromatic carbocycles. The molecule has 152 valence electrons. The number of imidazole rings is 1. The second-order valence-electron chi connectivity index (χ2n) is 8.17. The Morgan fingerprint density at radius 1 is 0.967 bits per heavy atom. The van der Waals surface area contributed by atoms with Gasteiger partial charge in [0, 0.05) is 23.9 Å². The molecule has 2 heterocycles. The van der Waals surface area contributed by atoms with Crippen LogP contribution in [0.25, 0.3) is 5.65 Å². The van der Waals surface area contributed by atoms with Crippen molar-refractivity contribution in [2.75, 3.05) is 0 Å². The van der Waals surface area contributed by atoms with Crippen LogP contribution in [0, 0.1) is 0 Å². The molecule has 0 saturated carbocycles. The van der Waals surface area contributed by atoms with Gasteiger partial charge in [0.05, 0.1) is 5.69 Å². The zero-order chi connectivity index (χ0) is 21.1. The van der Waals surface area contributed by atoms with Crippen LogP contribution in [0.15, 0.2) is 79.1 Å². The third-order valence-corrected chi connectivity index (χ3v) is 4.73. The molecule has 0 aliphatic heterocycles. The molecule has 0 radical (unpaired) electrons. The van der Waals surface area contributed by atoms with Crippen molar-refractivity contribution in [3.05, 3.63) is 95.9 Å². The van der Waals surface area contributed by atoms with E-state index in [-0.39, 0.29) is 5.41 Å². The zero-order valence-electron chi connectivity index (χ0n) is 17.3. The summed E-state index contributed by atoms with van der Waals surface area (Å²) in [6, 6.07) is 20.6. The molecule has 0 amide bonds. The van der Waals surface area contributed by atoms with E-state index < -0.39 is 5.97 Å². The fourth-order valence-corrected chi connectivity index (χ4v) is 3.04. The normalized spacial score (nSPS) is 11.4. The molecule has 5 nitrogen and oxygen atoms in total. The number of pyridine rings is 1. The molecule has 4 rings (SSSR count). The van der Waals surface area contributed by atoms with E-state index in [0.29, 0.717) is 23.7 Å². The number of hydrogen-bond donors (Lipinski definition) is 0. The summed E-state index contributed by atoms with van der Waals surface area (Å²) in [4.78, 5) is 17.7. The quantitative estimate of drug-likeness (QED) is 0.331. The summed E-state index contributed by atoms with van der Waals surface area (Å²) in [6.45, 7) is 6.65. The summed E-state index contributed by atoms with van der Waals surface area (Å²) in [5.74, 6) is 0.452. The van der Waals surface area contributed by atoms with Crippen LogP contribution < -0.4 is 9.47 Å². The first-order valence-electron chi connectivity index (χ1n) is 9.87. The Kier molecular flexibility index (Phi) is 5.27. The Hall–Kier alpha value is -3.60. The summed E-state index contributed by atoms with van der Waals surface area (Å²) in [6.07, 6.45) is 3.67. The highest BCUT2D eigenvalue weighted by Crippen LogP contribution is 2.27. The van der Waals surface area contributed by atoms with Crippen LogP contribution in [0.3, 0.4) is 0 Å². The predicted octanol–water partition coefficient (Wildman–Crippen LogP) is 5.43. The molecule has 0 N–H and O–H groups in total. The van der Waals surface area contributed by atoms with Crippen molar-refractivity contribution < 1.29 is 14.3 Å². The molecule has 30 heavy (non-hydrogen) atoms. The minimum atomic E-state index is -0.475. The lowest BCUT2D eigenvalue weighted by Gasteiger charge is -2.13. The number of para-hydroxylation sites is 1. The fourth-order valence-electron chi connectivity index (χ4n) is 3.04. The molecule has 0 spiro atoms. The first kappa shape index (κ1) is 19.7. The third-order valence-electron chi connectivity index (χ3n) is 4.73. The minimum Gasteiger partial charge on any atom is -0.488 e. The third kappa shape index (κ3) is 4.35. The molecule has 0 saturated heterocycles. The Morgan fingerprint density at radius 3 is 2.30 bits per heavy atom. The van der Waals surface area contributed by atoms with Gasteiger partial charge in [-0.15, -0.1) is 0 Å². The van der Waals surface area contributed by atoms with Gasteiger partial charge in [0.25, 0.3) is 0 Å². The largest absolute Gasteiger partial charge is 0.488 e. The van der Waals surface area contributed by atoms with Gasteiger partial charge in [-0.05, 0) is 17.7 Å². The van der Waals surface area contributed by atoms with Crippen molar-refractivity contribution in [2.24, 2.45) is 0 Å². The predicted molar refractivity (Wildman–Crippen MR) is 116 cm³/mol. The second kappa shape index (κ2) is 8.03. The van der Waals surface area contributed by atoms with E-state index in [4.69, 9.17) is 14.5 Å². The highest BCUT2D eigenvalue weighted by Gasteiger charge is 2.21. The van der Waals surface area contributed by atoms with Crippen molar-refractivity contribution in [3.8, 4) is 11.5 Å². The number of hydrogen-bond acceptors (Lipinski definition) is 4. The first-order valence-corrected chi connectivity index (χ1v) is 9.87. The highest BCUT2D eigenvalue weighted by atomic mass is 16.5. The maximum Gasteiger partial charge on any atom is 0.348 e. The Morgan fingerprint density at radius 2 is 1.63 bits per heavy atom.